The van der Waals surface area contributed by atoms with Crippen LogP contribution in [0.5, 0.6) is 0 Å². The van der Waals surface area contributed by atoms with Crippen molar-refractivity contribution >= 4 is 59.1 Å². The molecule has 55 heavy (non-hydrogen) atoms. The maximum atomic E-state index is 13.5. The highest BCUT2D eigenvalue weighted by Gasteiger charge is 2.43. The second-order valence-electron chi connectivity index (χ2n) is 13.1. The third kappa shape index (κ3) is 13.7. The zero-order chi connectivity index (χ0) is 40.7. The number of nitrogens with two attached hydrogens (primary N) is 3. The smallest absolute Gasteiger partial charge is 0.326 e. The largest absolute Gasteiger partial charge is 0.480 e. The predicted molar refractivity (Wildman–Crippen MR) is 190 cm³/mol. The molecule has 21 nitrogen and oxygen atoms in total. The normalized spacial score (nSPS) is 17.9. The van der Waals surface area contributed by atoms with E-state index in [0.29, 0.717) is 18.4 Å². The van der Waals surface area contributed by atoms with Gasteiger partial charge < -0.3 is 58.7 Å². The third-order valence-electron chi connectivity index (χ3n) is 8.95. The number of likely N-dealkylation sites (tertiary alicyclic amines) is 2. The van der Waals surface area contributed by atoms with Gasteiger partial charge in [0.1, 0.15) is 24.2 Å². The second-order valence-corrected chi connectivity index (χ2v) is 13.1. The monoisotopic (exact) mass is 772 g/mol. The summed E-state index contributed by atoms with van der Waals surface area (Å²) in [6.07, 6.45) is 0.702. The van der Waals surface area contributed by atoms with E-state index >= 15 is 0 Å². The van der Waals surface area contributed by atoms with Gasteiger partial charge in [-0.15, -0.1) is 0 Å². The summed E-state index contributed by atoms with van der Waals surface area (Å²) in [4.78, 5) is 127. The standard InChI is InChI=1S/C34H48N10O11/c35-20(10-11-25(36)45)30(50)42-21(14-19-6-2-1-3-7-19)31(51)40-17-28(48)38-16-27(47)39-18-29(49)41-22(15-26(37)46)32(52)43-12-4-8-23(43)33(53)44-13-5-9-24(44)34(54)55/h1-3,6-7,20-24H,4-5,8-18,35H2,(H2,36,45)(H2,37,46)(H,38,48)(H,39,47)(H,40,51)(H,41,49)(H,42,50)(H,54,55)/t20-,21-,22-,23-,24-/m0/s1. The number of primary amides is 2. The van der Waals surface area contributed by atoms with Crippen LogP contribution in [0.25, 0.3) is 0 Å². The number of carbonyl (C=O) groups is 10. The van der Waals surface area contributed by atoms with Crippen molar-refractivity contribution in [2.45, 2.75) is 81.6 Å². The number of carboxylic acid groups (broad SMARTS) is 1. The average Bonchev–Trinajstić information content (AvgIpc) is 3.84. The summed E-state index contributed by atoms with van der Waals surface area (Å²) in [6.45, 7) is -1.54. The van der Waals surface area contributed by atoms with E-state index in [2.05, 4.69) is 26.6 Å². The van der Waals surface area contributed by atoms with Crippen LogP contribution < -0.4 is 43.8 Å². The van der Waals surface area contributed by atoms with E-state index in [1.54, 1.807) is 30.3 Å². The third-order valence-corrected chi connectivity index (χ3v) is 8.95. The van der Waals surface area contributed by atoms with E-state index in [0.717, 1.165) is 0 Å². The quantitative estimate of drug-likeness (QED) is 0.0602. The number of carbonyl (C=O) groups excluding carboxylic acids is 9. The summed E-state index contributed by atoms with van der Waals surface area (Å²) in [6, 6.07) is 2.92. The van der Waals surface area contributed by atoms with Gasteiger partial charge in [-0.3, -0.25) is 43.2 Å². The molecule has 0 spiro atoms. The maximum Gasteiger partial charge on any atom is 0.326 e. The first-order chi connectivity index (χ1) is 26.1. The van der Waals surface area contributed by atoms with Crippen molar-refractivity contribution in [3.63, 3.8) is 0 Å². The van der Waals surface area contributed by atoms with Crippen LogP contribution in [0.1, 0.15) is 50.5 Å². The maximum absolute atomic E-state index is 13.5. The summed E-state index contributed by atoms with van der Waals surface area (Å²) >= 11 is 0. The highest BCUT2D eigenvalue weighted by atomic mass is 16.4. The van der Waals surface area contributed by atoms with Crippen molar-refractivity contribution in [2.24, 2.45) is 17.2 Å². The van der Waals surface area contributed by atoms with E-state index in [9.17, 15) is 53.1 Å². The Balaban J connectivity index is 1.48. The first-order valence-corrected chi connectivity index (χ1v) is 17.7. The van der Waals surface area contributed by atoms with E-state index in [-0.39, 0.29) is 45.2 Å². The number of nitrogens with one attached hydrogen (secondary N) is 5. The van der Waals surface area contributed by atoms with Gasteiger partial charge in [0.05, 0.1) is 32.1 Å². The molecule has 2 heterocycles. The molecule has 9 amide bonds. The fourth-order valence-corrected chi connectivity index (χ4v) is 6.15. The Morgan fingerprint density at radius 1 is 0.709 bits per heavy atom. The molecule has 0 aromatic heterocycles. The van der Waals surface area contributed by atoms with Crippen LogP contribution in [-0.4, -0.2) is 137 Å². The Kier molecular flexibility index (Phi) is 16.5. The highest BCUT2D eigenvalue weighted by Crippen LogP contribution is 2.26. The van der Waals surface area contributed by atoms with Crippen LogP contribution in [0.4, 0.5) is 0 Å². The molecular weight excluding hydrogens is 724 g/mol. The number of aliphatic carboxylic acids is 1. The highest BCUT2D eigenvalue weighted by molar-refractivity contribution is 5.97. The zero-order valence-corrected chi connectivity index (χ0v) is 30.1. The summed E-state index contributed by atoms with van der Waals surface area (Å²) in [5.41, 5.74) is 16.9. The number of amides is 9. The number of nitrogens with zero attached hydrogens (tertiary/aromatic N) is 2. The van der Waals surface area contributed by atoms with Crippen LogP contribution in [0.2, 0.25) is 0 Å². The van der Waals surface area contributed by atoms with Gasteiger partial charge in [-0.05, 0) is 37.7 Å². The SMILES string of the molecule is NC(=O)CC[C@H](N)C(=O)N[C@@H](Cc1ccccc1)C(=O)NCC(=O)NCC(=O)NCC(=O)N[C@@H](CC(N)=O)C(=O)N1CCC[C@H]1C(=O)N1CCC[C@H]1C(=O)O. The molecule has 2 aliphatic heterocycles. The molecule has 21 heteroatoms. The zero-order valence-electron chi connectivity index (χ0n) is 30.1. The van der Waals surface area contributed by atoms with Crippen molar-refractivity contribution < 1.29 is 53.1 Å². The molecule has 1 aromatic carbocycles. The van der Waals surface area contributed by atoms with Gasteiger partial charge in [-0.25, -0.2) is 4.79 Å². The molecule has 12 N–H and O–H groups in total. The van der Waals surface area contributed by atoms with Crippen LogP contribution in [0.3, 0.4) is 0 Å². The summed E-state index contributed by atoms with van der Waals surface area (Å²) in [5.74, 6) is -7.99. The van der Waals surface area contributed by atoms with Gasteiger partial charge in [-0.2, -0.15) is 0 Å². The number of hydrogen-bond acceptors (Lipinski definition) is 11. The fraction of sp³-hybridized carbons (Fsp3) is 0.529. The molecule has 3 rings (SSSR count). The summed E-state index contributed by atoms with van der Waals surface area (Å²) in [5, 5.41) is 21.2. The van der Waals surface area contributed by atoms with Crippen LogP contribution >= 0.6 is 0 Å². The number of benzene rings is 1. The Hall–Kier alpha value is -6.12. The average molecular weight is 773 g/mol. The first kappa shape index (κ1) is 43.3. The van der Waals surface area contributed by atoms with Crippen molar-refractivity contribution in [3.8, 4) is 0 Å². The van der Waals surface area contributed by atoms with Crippen LogP contribution in [0, 0.1) is 0 Å². The van der Waals surface area contributed by atoms with Gasteiger partial charge >= 0.3 is 5.97 Å². The Morgan fingerprint density at radius 2 is 1.29 bits per heavy atom. The molecule has 2 aliphatic rings. The van der Waals surface area contributed by atoms with Crippen molar-refractivity contribution in [3.05, 3.63) is 35.9 Å². The summed E-state index contributed by atoms with van der Waals surface area (Å²) < 4.78 is 0. The van der Waals surface area contributed by atoms with E-state index in [1.807, 2.05) is 0 Å². The number of rotatable bonds is 20. The second kappa shape index (κ2) is 20.9. The molecule has 2 saturated heterocycles. The molecule has 300 valence electrons. The topological polar surface area (TPSA) is 336 Å². The van der Waals surface area contributed by atoms with Crippen LogP contribution in [-0.2, 0) is 54.4 Å². The molecule has 0 unspecified atom stereocenters. The lowest BCUT2D eigenvalue weighted by atomic mass is 10.0. The lowest BCUT2D eigenvalue weighted by Gasteiger charge is -2.32. The lowest BCUT2D eigenvalue weighted by molar-refractivity contribution is -0.152. The fourth-order valence-electron chi connectivity index (χ4n) is 6.15. The van der Waals surface area contributed by atoms with Gasteiger partial charge in [0.2, 0.25) is 53.2 Å². The minimum absolute atomic E-state index is 0.0431. The molecule has 2 fully saturated rings. The molecule has 5 atom stereocenters. The first-order valence-electron chi connectivity index (χ1n) is 17.7. The van der Waals surface area contributed by atoms with Gasteiger partial charge in [-0.1, -0.05) is 30.3 Å². The van der Waals surface area contributed by atoms with Gasteiger partial charge in [0, 0.05) is 25.9 Å². The predicted octanol–water partition coefficient (Wildman–Crippen LogP) is -4.92. The molecular formula is C34H48N10O11. The van der Waals surface area contributed by atoms with Crippen molar-refractivity contribution in [2.75, 3.05) is 32.7 Å². The Morgan fingerprint density at radius 3 is 1.89 bits per heavy atom. The minimum atomic E-state index is -1.48. The van der Waals surface area contributed by atoms with E-state index in [1.165, 1.54) is 9.80 Å². The molecule has 0 bridgehead atoms. The van der Waals surface area contributed by atoms with Crippen LogP contribution in [0.15, 0.2) is 30.3 Å². The summed E-state index contributed by atoms with van der Waals surface area (Å²) in [7, 11) is 0. The van der Waals surface area contributed by atoms with Crippen molar-refractivity contribution in [1.29, 1.82) is 0 Å². The van der Waals surface area contributed by atoms with E-state index in [4.69, 9.17) is 17.2 Å². The molecule has 1 aromatic rings. The minimum Gasteiger partial charge on any atom is -0.480 e. The number of carboxylic acids is 1. The lowest BCUT2D eigenvalue weighted by Crippen LogP contribution is -2.56. The molecule has 0 saturated carbocycles. The molecule has 0 aliphatic carbocycles. The Bertz CT molecular complexity index is 1630. The number of hydrogen-bond donors (Lipinski definition) is 9. The Labute approximate surface area is 315 Å². The van der Waals surface area contributed by atoms with E-state index < -0.39 is 115 Å². The van der Waals surface area contributed by atoms with Crippen molar-refractivity contribution in [1.82, 2.24) is 36.4 Å². The van der Waals surface area contributed by atoms with Gasteiger partial charge in [0.15, 0.2) is 0 Å². The van der Waals surface area contributed by atoms with Gasteiger partial charge in [0.25, 0.3) is 0 Å². The molecule has 0 radical (unpaired) electrons.